The van der Waals surface area contributed by atoms with E-state index in [2.05, 4.69) is 25.7 Å². The van der Waals surface area contributed by atoms with E-state index < -0.39 is 0 Å². The van der Waals surface area contributed by atoms with E-state index in [1.165, 1.54) is 6.33 Å². The summed E-state index contributed by atoms with van der Waals surface area (Å²) in [5, 5.41) is 11.4. The quantitative estimate of drug-likeness (QED) is 0.503. The van der Waals surface area contributed by atoms with E-state index in [1.807, 2.05) is 44.2 Å². The van der Waals surface area contributed by atoms with E-state index in [4.69, 9.17) is 4.42 Å². The Hall–Kier alpha value is -3.68. The summed E-state index contributed by atoms with van der Waals surface area (Å²) < 4.78 is 7.09. The summed E-state index contributed by atoms with van der Waals surface area (Å²) in [6, 6.07) is 9.56. The van der Waals surface area contributed by atoms with Crippen LogP contribution in [0.15, 0.2) is 53.5 Å². The van der Waals surface area contributed by atoms with Gasteiger partial charge in [-0.2, -0.15) is 5.10 Å². The molecule has 8 nitrogen and oxygen atoms in total. The molecule has 0 fully saturated rings. The highest BCUT2D eigenvalue weighted by atomic mass is 16.3. The molecule has 0 radical (unpaired) electrons. The number of carbonyl (C=O) groups excluding carboxylic acids is 1. The Morgan fingerprint density at radius 1 is 1.17 bits per heavy atom. The van der Waals surface area contributed by atoms with Crippen LogP contribution in [0.25, 0.3) is 11.0 Å². The molecule has 0 aliphatic carbocycles. The van der Waals surface area contributed by atoms with Gasteiger partial charge in [-0.15, -0.1) is 0 Å². The number of nitrogens with one attached hydrogen (secondary N) is 2. The first-order chi connectivity index (χ1) is 14.1. The standard InChI is InChI=1S/C21H22N6O2/c1-14-8-15(2)10-16(9-14)21(28)22-5-6-27-20-18(12-26-27)19(24-13-25-20)23-11-17-4-3-7-29-17/h3-4,7-10,12-13H,5-6,11H2,1-2H3,(H,22,28)(H,23,24,25). The zero-order valence-electron chi connectivity index (χ0n) is 16.3. The highest BCUT2D eigenvalue weighted by Crippen LogP contribution is 2.19. The third kappa shape index (κ3) is 4.26. The maximum Gasteiger partial charge on any atom is 0.251 e. The average Bonchev–Trinajstić information content (AvgIpc) is 3.36. The highest BCUT2D eigenvalue weighted by molar-refractivity contribution is 5.94. The van der Waals surface area contributed by atoms with Gasteiger partial charge in [0, 0.05) is 12.1 Å². The highest BCUT2D eigenvalue weighted by Gasteiger charge is 2.11. The summed E-state index contributed by atoms with van der Waals surface area (Å²) in [5.74, 6) is 1.42. The largest absolute Gasteiger partial charge is 0.467 e. The van der Waals surface area contributed by atoms with E-state index in [0.29, 0.717) is 36.7 Å². The molecular weight excluding hydrogens is 368 g/mol. The SMILES string of the molecule is Cc1cc(C)cc(C(=O)NCCn2ncc3c(NCc4ccco4)ncnc32)c1. The van der Waals surface area contributed by atoms with Crippen molar-refractivity contribution >= 4 is 22.8 Å². The number of rotatable bonds is 7. The summed E-state index contributed by atoms with van der Waals surface area (Å²) in [4.78, 5) is 21.0. The van der Waals surface area contributed by atoms with Crippen molar-refractivity contribution in [1.82, 2.24) is 25.1 Å². The number of hydrogen-bond donors (Lipinski definition) is 2. The molecule has 0 bridgehead atoms. The number of amides is 1. The van der Waals surface area contributed by atoms with Crippen molar-refractivity contribution in [2.24, 2.45) is 0 Å². The predicted molar refractivity (Wildman–Crippen MR) is 110 cm³/mol. The Balaban J connectivity index is 1.41. The van der Waals surface area contributed by atoms with E-state index in [0.717, 1.165) is 22.3 Å². The first-order valence-corrected chi connectivity index (χ1v) is 9.39. The molecule has 3 aromatic heterocycles. The number of fused-ring (bicyclic) bond motifs is 1. The number of carbonyl (C=O) groups is 1. The molecule has 1 aromatic carbocycles. The molecule has 3 heterocycles. The maximum absolute atomic E-state index is 12.4. The predicted octanol–water partition coefficient (Wildman–Crippen LogP) is 3.08. The Labute approximate surface area is 168 Å². The second kappa shape index (κ2) is 8.14. The van der Waals surface area contributed by atoms with Crippen molar-refractivity contribution in [2.45, 2.75) is 26.9 Å². The topological polar surface area (TPSA) is 97.9 Å². The molecule has 0 aliphatic rings. The van der Waals surface area contributed by atoms with Crippen molar-refractivity contribution < 1.29 is 9.21 Å². The van der Waals surface area contributed by atoms with Crippen molar-refractivity contribution in [1.29, 1.82) is 0 Å². The number of aromatic nitrogens is 4. The molecule has 8 heteroatoms. The van der Waals surface area contributed by atoms with E-state index in [9.17, 15) is 4.79 Å². The lowest BCUT2D eigenvalue weighted by molar-refractivity contribution is 0.0952. The number of hydrogen-bond acceptors (Lipinski definition) is 6. The fourth-order valence-corrected chi connectivity index (χ4v) is 3.26. The monoisotopic (exact) mass is 390 g/mol. The molecular formula is C21H22N6O2. The molecule has 0 spiro atoms. The second-order valence-corrected chi connectivity index (χ2v) is 6.89. The summed E-state index contributed by atoms with van der Waals surface area (Å²) in [5.41, 5.74) is 3.51. The van der Waals surface area contributed by atoms with Gasteiger partial charge in [-0.05, 0) is 38.1 Å². The van der Waals surface area contributed by atoms with Crippen LogP contribution in [0.2, 0.25) is 0 Å². The Morgan fingerprint density at radius 2 is 2.00 bits per heavy atom. The van der Waals surface area contributed by atoms with Crippen LogP contribution in [0.1, 0.15) is 27.2 Å². The summed E-state index contributed by atoms with van der Waals surface area (Å²) in [6.45, 7) is 5.44. The Morgan fingerprint density at radius 3 is 2.76 bits per heavy atom. The van der Waals surface area contributed by atoms with Crippen molar-refractivity contribution in [2.75, 3.05) is 11.9 Å². The van der Waals surface area contributed by atoms with E-state index in [1.54, 1.807) is 17.1 Å². The fraction of sp³-hybridized carbons (Fsp3) is 0.238. The van der Waals surface area contributed by atoms with Gasteiger partial charge in [-0.3, -0.25) is 4.79 Å². The van der Waals surface area contributed by atoms with Gasteiger partial charge in [0.25, 0.3) is 5.91 Å². The molecule has 0 atom stereocenters. The number of anilines is 1. The Kier molecular flexibility index (Phi) is 5.24. The third-order valence-corrected chi connectivity index (χ3v) is 4.54. The normalized spacial score (nSPS) is 11.0. The van der Waals surface area contributed by atoms with E-state index >= 15 is 0 Å². The van der Waals surface area contributed by atoms with Gasteiger partial charge >= 0.3 is 0 Å². The fourth-order valence-electron chi connectivity index (χ4n) is 3.26. The van der Waals surface area contributed by atoms with Crippen LogP contribution in [0.5, 0.6) is 0 Å². The molecule has 0 saturated carbocycles. The number of benzene rings is 1. The molecule has 0 unspecified atom stereocenters. The number of aryl methyl sites for hydroxylation is 2. The zero-order valence-corrected chi connectivity index (χ0v) is 16.3. The maximum atomic E-state index is 12.4. The Bertz CT molecular complexity index is 1110. The molecule has 29 heavy (non-hydrogen) atoms. The van der Waals surface area contributed by atoms with Gasteiger partial charge in [0.2, 0.25) is 0 Å². The third-order valence-electron chi connectivity index (χ3n) is 4.54. The van der Waals surface area contributed by atoms with Crippen LogP contribution in [0.3, 0.4) is 0 Å². The zero-order chi connectivity index (χ0) is 20.2. The number of nitrogens with zero attached hydrogens (tertiary/aromatic N) is 4. The van der Waals surface area contributed by atoms with Crippen LogP contribution in [0, 0.1) is 13.8 Å². The average molecular weight is 390 g/mol. The van der Waals surface area contributed by atoms with Crippen LogP contribution >= 0.6 is 0 Å². The van der Waals surface area contributed by atoms with Gasteiger partial charge < -0.3 is 15.1 Å². The molecule has 0 saturated heterocycles. The van der Waals surface area contributed by atoms with Gasteiger partial charge in [-0.25, -0.2) is 14.6 Å². The smallest absolute Gasteiger partial charge is 0.251 e. The first kappa shape index (κ1) is 18.7. The van der Waals surface area contributed by atoms with Gasteiger partial charge in [0.05, 0.1) is 30.9 Å². The van der Waals surface area contributed by atoms with Gasteiger partial charge in [0.1, 0.15) is 17.9 Å². The van der Waals surface area contributed by atoms with E-state index in [-0.39, 0.29) is 5.91 Å². The van der Waals surface area contributed by atoms with Gasteiger partial charge in [-0.1, -0.05) is 17.2 Å². The summed E-state index contributed by atoms with van der Waals surface area (Å²) in [7, 11) is 0. The number of furan rings is 1. The molecule has 4 aromatic rings. The van der Waals surface area contributed by atoms with Crippen LogP contribution in [-0.4, -0.2) is 32.2 Å². The van der Waals surface area contributed by atoms with Crippen LogP contribution in [0.4, 0.5) is 5.82 Å². The summed E-state index contributed by atoms with van der Waals surface area (Å²) in [6.07, 6.45) is 4.86. The van der Waals surface area contributed by atoms with Crippen molar-refractivity contribution in [3.8, 4) is 0 Å². The minimum Gasteiger partial charge on any atom is -0.467 e. The minimum absolute atomic E-state index is 0.0938. The lowest BCUT2D eigenvalue weighted by Gasteiger charge is -2.08. The van der Waals surface area contributed by atoms with Crippen molar-refractivity contribution in [3.63, 3.8) is 0 Å². The van der Waals surface area contributed by atoms with Crippen molar-refractivity contribution in [3.05, 3.63) is 71.6 Å². The molecule has 2 N–H and O–H groups in total. The lowest BCUT2D eigenvalue weighted by Crippen LogP contribution is -2.27. The molecule has 0 aliphatic heterocycles. The molecule has 148 valence electrons. The molecule has 1 amide bonds. The van der Waals surface area contributed by atoms with Crippen LogP contribution < -0.4 is 10.6 Å². The second-order valence-electron chi connectivity index (χ2n) is 6.89. The summed E-state index contributed by atoms with van der Waals surface area (Å²) >= 11 is 0. The lowest BCUT2D eigenvalue weighted by atomic mass is 10.1. The minimum atomic E-state index is -0.0938. The van der Waals surface area contributed by atoms with Gasteiger partial charge in [0.15, 0.2) is 5.65 Å². The molecule has 4 rings (SSSR count). The van der Waals surface area contributed by atoms with Crippen LogP contribution in [-0.2, 0) is 13.1 Å². The first-order valence-electron chi connectivity index (χ1n) is 9.39.